The Kier molecular flexibility index (Phi) is 3.70. The van der Waals surface area contributed by atoms with Crippen LogP contribution in [0.1, 0.15) is 44.0 Å². The normalized spacial score (nSPS) is 19.6. The molecule has 1 fully saturated rings. The molecular formula is C17H23N3O3. The summed E-state index contributed by atoms with van der Waals surface area (Å²) in [5, 5.41) is 6.51. The number of hydrogen-bond acceptors (Lipinski definition) is 4. The molecule has 0 aromatic heterocycles. The largest absolute Gasteiger partial charge is 0.444 e. The molecule has 0 saturated carbocycles. The predicted octanol–water partition coefficient (Wildman–Crippen LogP) is 2.57. The van der Waals surface area contributed by atoms with Gasteiger partial charge in [-0.2, -0.15) is 0 Å². The first-order chi connectivity index (χ1) is 10.8. The highest BCUT2D eigenvalue weighted by molar-refractivity contribution is 6.02. The highest BCUT2D eigenvalue weighted by Crippen LogP contribution is 2.31. The first kappa shape index (κ1) is 15.6. The zero-order valence-electron chi connectivity index (χ0n) is 13.8. The Balaban J connectivity index is 1.67. The summed E-state index contributed by atoms with van der Waals surface area (Å²) in [4.78, 5) is 26.1. The van der Waals surface area contributed by atoms with Gasteiger partial charge in [0.2, 0.25) is 0 Å². The number of anilines is 1. The van der Waals surface area contributed by atoms with Crippen LogP contribution in [-0.4, -0.2) is 41.3 Å². The number of nitrogens with one attached hydrogen (secondary N) is 2. The molecule has 2 heterocycles. The van der Waals surface area contributed by atoms with Gasteiger partial charge in [0, 0.05) is 31.6 Å². The van der Waals surface area contributed by atoms with Crippen molar-refractivity contribution < 1.29 is 14.3 Å². The molecule has 2 aliphatic heterocycles. The number of para-hydroxylation sites is 1. The Bertz CT molecular complexity index is 628. The number of benzene rings is 1. The molecule has 0 unspecified atom stereocenters. The number of likely N-dealkylation sites (tertiary alicyclic amines) is 1. The number of piperidine rings is 1. The molecule has 1 spiro atoms. The Hall–Kier alpha value is -2.24. The molecule has 0 radical (unpaired) electrons. The van der Waals surface area contributed by atoms with E-state index in [4.69, 9.17) is 4.74 Å². The molecule has 1 saturated heterocycles. The average molecular weight is 317 g/mol. The van der Waals surface area contributed by atoms with Gasteiger partial charge in [-0.05, 0) is 32.9 Å². The van der Waals surface area contributed by atoms with Crippen molar-refractivity contribution in [1.82, 2.24) is 10.2 Å². The summed E-state index contributed by atoms with van der Waals surface area (Å²) in [7, 11) is 0. The third-order valence-electron chi connectivity index (χ3n) is 4.17. The van der Waals surface area contributed by atoms with Gasteiger partial charge >= 0.3 is 6.09 Å². The third kappa shape index (κ3) is 3.25. The highest BCUT2D eigenvalue weighted by Gasteiger charge is 2.41. The van der Waals surface area contributed by atoms with Gasteiger partial charge in [0.1, 0.15) is 11.3 Å². The Labute approximate surface area is 136 Å². The molecule has 23 heavy (non-hydrogen) atoms. The minimum absolute atomic E-state index is 0.0648. The van der Waals surface area contributed by atoms with Crippen LogP contribution < -0.4 is 10.6 Å². The molecule has 6 heteroatoms. The van der Waals surface area contributed by atoms with Crippen molar-refractivity contribution in [3.8, 4) is 0 Å². The second-order valence-corrected chi connectivity index (χ2v) is 7.17. The molecule has 2 aliphatic rings. The summed E-state index contributed by atoms with van der Waals surface area (Å²) >= 11 is 0. The second-order valence-electron chi connectivity index (χ2n) is 7.17. The number of amides is 2. The van der Waals surface area contributed by atoms with Crippen LogP contribution in [0.25, 0.3) is 0 Å². The van der Waals surface area contributed by atoms with Gasteiger partial charge in [0.15, 0.2) is 0 Å². The number of rotatable bonds is 0. The van der Waals surface area contributed by atoms with E-state index in [2.05, 4.69) is 10.6 Å². The molecule has 2 amide bonds. The van der Waals surface area contributed by atoms with Crippen LogP contribution in [0.15, 0.2) is 24.3 Å². The van der Waals surface area contributed by atoms with Crippen molar-refractivity contribution >= 4 is 17.7 Å². The van der Waals surface area contributed by atoms with E-state index < -0.39 is 11.3 Å². The van der Waals surface area contributed by atoms with E-state index in [1.165, 1.54) is 0 Å². The van der Waals surface area contributed by atoms with Crippen LogP contribution in [0.3, 0.4) is 0 Å². The molecule has 6 nitrogen and oxygen atoms in total. The van der Waals surface area contributed by atoms with Gasteiger partial charge in [-0.25, -0.2) is 4.79 Å². The maximum absolute atomic E-state index is 12.3. The van der Waals surface area contributed by atoms with E-state index in [0.717, 1.165) is 5.69 Å². The molecule has 0 atom stereocenters. The lowest BCUT2D eigenvalue weighted by molar-refractivity contribution is 0.0163. The topological polar surface area (TPSA) is 70.7 Å². The van der Waals surface area contributed by atoms with Gasteiger partial charge in [-0.15, -0.1) is 0 Å². The van der Waals surface area contributed by atoms with Crippen LogP contribution in [0.2, 0.25) is 0 Å². The van der Waals surface area contributed by atoms with Gasteiger partial charge in [-0.1, -0.05) is 12.1 Å². The SMILES string of the molecule is CC(C)(C)OC(=O)N1CCC2(CC1)NC(=O)c1ccccc1N2. The van der Waals surface area contributed by atoms with E-state index >= 15 is 0 Å². The number of fused-ring (bicyclic) bond motifs is 1. The van der Waals surface area contributed by atoms with Gasteiger partial charge in [-0.3, -0.25) is 4.79 Å². The summed E-state index contributed by atoms with van der Waals surface area (Å²) in [6.45, 7) is 6.66. The fourth-order valence-corrected chi connectivity index (χ4v) is 3.01. The third-order valence-corrected chi connectivity index (χ3v) is 4.17. The standard InChI is InChI=1S/C17H23N3O3/c1-16(2,3)23-15(22)20-10-8-17(9-11-20)18-13-7-5-4-6-12(13)14(21)19-17/h4-7,18H,8-11H2,1-3H3,(H,19,21). The lowest BCUT2D eigenvalue weighted by atomic mass is 9.92. The molecule has 1 aromatic carbocycles. The van der Waals surface area contributed by atoms with E-state index in [1.807, 2.05) is 39.0 Å². The van der Waals surface area contributed by atoms with Crippen LogP contribution in [0.4, 0.5) is 10.5 Å². The van der Waals surface area contributed by atoms with Crippen molar-refractivity contribution in [2.45, 2.75) is 44.9 Å². The van der Waals surface area contributed by atoms with Gasteiger partial charge in [0.25, 0.3) is 5.91 Å². The maximum atomic E-state index is 12.3. The molecular weight excluding hydrogens is 294 g/mol. The fraction of sp³-hybridized carbons (Fsp3) is 0.529. The lowest BCUT2D eigenvalue weighted by Crippen LogP contribution is -2.62. The van der Waals surface area contributed by atoms with Gasteiger partial charge < -0.3 is 20.3 Å². The number of carbonyl (C=O) groups is 2. The molecule has 0 aliphatic carbocycles. The summed E-state index contributed by atoms with van der Waals surface area (Å²) in [6.07, 6.45) is 0.994. The van der Waals surface area contributed by atoms with E-state index in [1.54, 1.807) is 11.0 Å². The number of nitrogens with zero attached hydrogens (tertiary/aromatic N) is 1. The molecule has 0 bridgehead atoms. The van der Waals surface area contributed by atoms with Gasteiger partial charge in [0.05, 0.1) is 5.56 Å². The van der Waals surface area contributed by atoms with Crippen LogP contribution in [0.5, 0.6) is 0 Å². The summed E-state index contributed by atoms with van der Waals surface area (Å²) in [5.74, 6) is -0.0648. The minimum atomic E-state index is -0.498. The molecule has 124 valence electrons. The fourth-order valence-electron chi connectivity index (χ4n) is 3.01. The van der Waals surface area contributed by atoms with Crippen molar-refractivity contribution in [3.63, 3.8) is 0 Å². The minimum Gasteiger partial charge on any atom is -0.444 e. The first-order valence-electron chi connectivity index (χ1n) is 7.96. The van der Waals surface area contributed by atoms with Crippen molar-refractivity contribution in [3.05, 3.63) is 29.8 Å². The second kappa shape index (κ2) is 5.44. The molecule has 2 N–H and O–H groups in total. The Morgan fingerprint density at radius 3 is 2.48 bits per heavy atom. The highest BCUT2D eigenvalue weighted by atomic mass is 16.6. The van der Waals surface area contributed by atoms with Crippen LogP contribution >= 0.6 is 0 Å². The summed E-state index contributed by atoms with van der Waals surface area (Å²) < 4.78 is 5.41. The number of ether oxygens (including phenoxy) is 1. The zero-order chi connectivity index (χ0) is 16.7. The van der Waals surface area contributed by atoms with Crippen molar-refractivity contribution in [2.24, 2.45) is 0 Å². The Morgan fingerprint density at radius 2 is 1.83 bits per heavy atom. The van der Waals surface area contributed by atoms with E-state index in [0.29, 0.717) is 31.5 Å². The smallest absolute Gasteiger partial charge is 0.410 e. The van der Waals surface area contributed by atoms with Crippen molar-refractivity contribution in [1.29, 1.82) is 0 Å². The quantitative estimate of drug-likeness (QED) is 0.771. The lowest BCUT2D eigenvalue weighted by Gasteiger charge is -2.45. The van der Waals surface area contributed by atoms with E-state index in [-0.39, 0.29) is 12.0 Å². The average Bonchev–Trinajstić information content (AvgIpc) is 2.46. The Morgan fingerprint density at radius 1 is 1.17 bits per heavy atom. The molecule has 3 rings (SSSR count). The predicted molar refractivity (Wildman–Crippen MR) is 87.3 cm³/mol. The summed E-state index contributed by atoms with van der Waals surface area (Å²) in [5.41, 5.74) is 0.529. The molecule has 1 aromatic rings. The number of carbonyl (C=O) groups excluding carboxylic acids is 2. The zero-order valence-corrected chi connectivity index (χ0v) is 13.8. The number of hydrogen-bond donors (Lipinski definition) is 2. The van der Waals surface area contributed by atoms with E-state index in [9.17, 15) is 9.59 Å². The monoisotopic (exact) mass is 317 g/mol. The summed E-state index contributed by atoms with van der Waals surface area (Å²) in [6, 6.07) is 7.48. The maximum Gasteiger partial charge on any atom is 0.410 e. The first-order valence-corrected chi connectivity index (χ1v) is 7.96. The van der Waals surface area contributed by atoms with Crippen LogP contribution in [-0.2, 0) is 4.74 Å². The van der Waals surface area contributed by atoms with Crippen molar-refractivity contribution in [2.75, 3.05) is 18.4 Å². The van der Waals surface area contributed by atoms with Crippen LogP contribution in [0, 0.1) is 0 Å².